The van der Waals surface area contributed by atoms with Crippen LogP contribution >= 0.6 is 0 Å². The molecule has 1 N–H and O–H groups in total. The number of hydrogen-bond acceptors (Lipinski definition) is 6. The van der Waals surface area contributed by atoms with Gasteiger partial charge in [0.2, 0.25) is 0 Å². The van der Waals surface area contributed by atoms with E-state index in [9.17, 15) is 19.5 Å². The molecule has 0 bridgehead atoms. The lowest BCUT2D eigenvalue weighted by Crippen LogP contribution is -2.50. The molecule has 0 aromatic heterocycles. The number of carbonyl (C=O) groups is 3. The molecular formula is C45H76NO7+. The van der Waals surface area contributed by atoms with Gasteiger partial charge in [-0.05, 0) is 57.8 Å². The van der Waals surface area contributed by atoms with Gasteiger partial charge in [-0.3, -0.25) is 9.59 Å². The van der Waals surface area contributed by atoms with Crippen LogP contribution in [0.15, 0.2) is 72.9 Å². The molecule has 0 aliphatic carbocycles. The highest BCUT2D eigenvalue weighted by Gasteiger charge is 2.31. The summed E-state index contributed by atoms with van der Waals surface area (Å²) in [6, 6.07) is -0.628. The Morgan fingerprint density at radius 3 is 1.58 bits per heavy atom. The maximum atomic E-state index is 12.7. The van der Waals surface area contributed by atoms with Gasteiger partial charge >= 0.3 is 17.9 Å². The first-order chi connectivity index (χ1) is 25.6. The summed E-state index contributed by atoms with van der Waals surface area (Å²) in [5.74, 6) is -1.56. The fourth-order valence-electron chi connectivity index (χ4n) is 5.50. The number of allylic oxidation sites excluding steroid dienone is 12. The number of carboxylic acid groups (broad SMARTS) is 1. The third-order valence-electron chi connectivity index (χ3n) is 8.71. The molecule has 0 spiro atoms. The summed E-state index contributed by atoms with van der Waals surface area (Å²) >= 11 is 0. The average molecular weight is 743 g/mol. The van der Waals surface area contributed by atoms with Crippen LogP contribution in [0.25, 0.3) is 0 Å². The zero-order valence-corrected chi connectivity index (χ0v) is 34.2. The molecule has 8 nitrogen and oxygen atoms in total. The molecule has 2 atom stereocenters. The summed E-state index contributed by atoms with van der Waals surface area (Å²) in [6.45, 7) is 4.49. The van der Waals surface area contributed by atoms with E-state index in [0.29, 0.717) is 12.8 Å². The fourth-order valence-corrected chi connectivity index (χ4v) is 5.50. The second kappa shape index (κ2) is 35.8. The molecule has 53 heavy (non-hydrogen) atoms. The van der Waals surface area contributed by atoms with Crippen LogP contribution in [-0.4, -0.2) is 80.6 Å². The lowest BCUT2D eigenvalue weighted by Gasteiger charge is -2.31. The second-order valence-electron chi connectivity index (χ2n) is 14.6. The van der Waals surface area contributed by atoms with Crippen LogP contribution in [-0.2, 0) is 28.6 Å². The zero-order chi connectivity index (χ0) is 39.3. The van der Waals surface area contributed by atoms with Crippen molar-refractivity contribution in [1.29, 1.82) is 0 Å². The molecule has 0 heterocycles. The SMILES string of the molecule is CC/C=C/C=C/C=C/C=C/CCCCCC(=O)OCC(COCCC(C(=O)O)[N+](C)(C)C)OC(=O)CCCCC/C=C/C=C/CCCCCCCCC. The molecule has 0 amide bonds. The van der Waals surface area contributed by atoms with E-state index in [1.807, 2.05) is 57.6 Å². The molecular weight excluding hydrogens is 666 g/mol. The first-order valence-electron chi connectivity index (χ1n) is 20.5. The minimum absolute atomic E-state index is 0.0335. The van der Waals surface area contributed by atoms with Gasteiger partial charge in [0, 0.05) is 19.3 Å². The number of rotatable bonds is 35. The van der Waals surface area contributed by atoms with Gasteiger partial charge in [0.15, 0.2) is 12.1 Å². The van der Waals surface area contributed by atoms with Crippen molar-refractivity contribution in [1.82, 2.24) is 0 Å². The molecule has 0 aliphatic heterocycles. The first-order valence-corrected chi connectivity index (χ1v) is 20.5. The van der Waals surface area contributed by atoms with E-state index in [2.05, 4.69) is 50.3 Å². The molecule has 0 saturated heterocycles. The van der Waals surface area contributed by atoms with E-state index < -0.39 is 18.1 Å². The summed E-state index contributed by atoms with van der Waals surface area (Å²) in [4.78, 5) is 36.8. The quantitative estimate of drug-likeness (QED) is 0.0299. The lowest BCUT2D eigenvalue weighted by atomic mass is 10.1. The molecule has 2 unspecified atom stereocenters. The summed E-state index contributed by atoms with van der Waals surface area (Å²) in [7, 11) is 5.49. The Morgan fingerprint density at radius 2 is 1.06 bits per heavy atom. The van der Waals surface area contributed by atoms with Gasteiger partial charge in [0.1, 0.15) is 6.61 Å². The highest BCUT2D eigenvalue weighted by atomic mass is 16.6. The van der Waals surface area contributed by atoms with Crippen molar-refractivity contribution < 1.29 is 38.2 Å². The van der Waals surface area contributed by atoms with Gasteiger partial charge in [-0.25, -0.2) is 4.79 Å². The number of likely N-dealkylation sites (N-methyl/N-ethyl adjacent to an activating group) is 1. The van der Waals surface area contributed by atoms with Gasteiger partial charge in [0.25, 0.3) is 0 Å². The van der Waals surface area contributed by atoms with Gasteiger partial charge < -0.3 is 23.8 Å². The van der Waals surface area contributed by atoms with Crippen LogP contribution in [0.4, 0.5) is 0 Å². The summed E-state index contributed by atoms with van der Waals surface area (Å²) in [5, 5.41) is 9.60. The largest absolute Gasteiger partial charge is 0.477 e. The van der Waals surface area contributed by atoms with E-state index in [-0.39, 0.29) is 42.7 Å². The van der Waals surface area contributed by atoms with Crippen molar-refractivity contribution in [2.75, 3.05) is 41.0 Å². The zero-order valence-electron chi connectivity index (χ0n) is 34.2. The number of aliphatic carboxylic acids is 1. The predicted molar refractivity (Wildman–Crippen MR) is 220 cm³/mol. The van der Waals surface area contributed by atoms with E-state index in [1.54, 1.807) is 0 Å². The van der Waals surface area contributed by atoms with Crippen molar-refractivity contribution in [3.63, 3.8) is 0 Å². The van der Waals surface area contributed by atoms with Crippen molar-refractivity contribution in [2.45, 2.75) is 154 Å². The Bertz CT molecular complexity index is 1100. The summed E-state index contributed by atoms with van der Waals surface area (Å²) in [5.41, 5.74) is 0. The maximum Gasteiger partial charge on any atom is 0.362 e. The highest BCUT2D eigenvalue weighted by Crippen LogP contribution is 2.12. The number of unbranched alkanes of at least 4 members (excludes halogenated alkanes) is 13. The highest BCUT2D eigenvalue weighted by molar-refractivity contribution is 5.72. The Hall–Kier alpha value is -3.23. The van der Waals surface area contributed by atoms with Crippen molar-refractivity contribution in [3.8, 4) is 0 Å². The molecule has 0 fully saturated rings. The number of carboxylic acids is 1. The first kappa shape index (κ1) is 49.8. The number of nitrogens with zero attached hydrogens (tertiary/aromatic N) is 1. The van der Waals surface area contributed by atoms with Gasteiger partial charge in [-0.15, -0.1) is 0 Å². The molecule has 0 radical (unpaired) electrons. The van der Waals surface area contributed by atoms with E-state index in [0.717, 1.165) is 64.2 Å². The number of hydrogen-bond donors (Lipinski definition) is 1. The summed E-state index contributed by atoms with van der Waals surface area (Å²) < 4.78 is 17.2. The van der Waals surface area contributed by atoms with E-state index in [4.69, 9.17) is 14.2 Å². The normalized spacial score (nSPS) is 13.8. The molecule has 302 valence electrons. The molecule has 0 rings (SSSR count). The summed E-state index contributed by atoms with van der Waals surface area (Å²) in [6.07, 6.45) is 43.8. The van der Waals surface area contributed by atoms with Crippen LogP contribution < -0.4 is 0 Å². The van der Waals surface area contributed by atoms with Crippen molar-refractivity contribution in [3.05, 3.63) is 72.9 Å². The number of carbonyl (C=O) groups excluding carboxylic acids is 2. The van der Waals surface area contributed by atoms with Crippen LogP contribution in [0.1, 0.15) is 142 Å². The molecule has 0 aromatic rings. The van der Waals surface area contributed by atoms with Crippen LogP contribution in [0.3, 0.4) is 0 Å². The Balaban J connectivity index is 4.52. The van der Waals surface area contributed by atoms with Gasteiger partial charge in [0.05, 0.1) is 34.4 Å². The molecule has 8 heteroatoms. The van der Waals surface area contributed by atoms with Crippen molar-refractivity contribution in [2.24, 2.45) is 0 Å². The smallest absolute Gasteiger partial charge is 0.362 e. The molecule has 0 saturated carbocycles. The minimum atomic E-state index is -0.889. The third kappa shape index (κ3) is 34.3. The van der Waals surface area contributed by atoms with Gasteiger partial charge in [-0.2, -0.15) is 0 Å². The Kier molecular flexibility index (Phi) is 33.6. The van der Waals surface area contributed by atoms with Crippen LogP contribution in [0.5, 0.6) is 0 Å². The maximum absolute atomic E-state index is 12.7. The minimum Gasteiger partial charge on any atom is -0.477 e. The van der Waals surface area contributed by atoms with Crippen LogP contribution in [0, 0.1) is 0 Å². The standard InChI is InChI=1S/C45H75NO7/c1-6-8-10-12-14-16-18-20-21-22-24-26-28-30-32-34-36-44(48)53-41(39-51-38-37-42(45(49)50)46(3,4)5)40-52-43(47)35-33-31-29-27-25-23-19-17-15-13-11-9-7-2/h9,11,13,15,17,19,21-26,41-42H,6-8,10,12,14,16,18,20,27-40H2,1-5H3/p+1/b11-9+,15-13+,19-17+,22-21+,25-23+,26-24+. The van der Waals surface area contributed by atoms with E-state index in [1.165, 1.54) is 44.9 Å². The Morgan fingerprint density at radius 1 is 0.585 bits per heavy atom. The average Bonchev–Trinajstić information content (AvgIpc) is 3.11. The number of esters is 2. The number of ether oxygens (including phenoxy) is 3. The number of quaternary nitrogens is 1. The van der Waals surface area contributed by atoms with Crippen LogP contribution in [0.2, 0.25) is 0 Å². The third-order valence-corrected chi connectivity index (χ3v) is 8.71. The molecule has 0 aromatic carbocycles. The molecule has 0 aliphatic rings. The Labute approximate surface area is 323 Å². The predicted octanol–water partition coefficient (Wildman–Crippen LogP) is 10.8. The van der Waals surface area contributed by atoms with Gasteiger partial charge in [-0.1, -0.05) is 138 Å². The van der Waals surface area contributed by atoms with Crippen molar-refractivity contribution >= 4 is 17.9 Å². The topological polar surface area (TPSA) is 99.1 Å². The van der Waals surface area contributed by atoms with E-state index >= 15 is 0 Å². The second-order valence-corrected chi connectivity index (χ2v) is 14.6. The lowest BCUT2D eigenvalue weighted by molar-refractivity contribution is -0.887. The fraction of sp³-hybridized carbons (Fsp3) is 0.667. The monoisotopic (exact) mass is 743 g/mol.